The molecule has 0 saturated carbocycles. The topological polar surface area (TPSA) is 47.3 Å². The number of nitrogen functional groups attached to an aromatic ring is 1. The van der Waals surface area contributed by atoms with Crippen LogP contribution in [0.4, 0.5) is 21.5 Å². The zero-order valence-electron chi connectivity index (χ0n) is 9.71. The molecular formula is C13H12BrFN2O. The van der Waals surface area contributed by atoms with Gasteiger partial charge in [0.05, 0.1) is 18.5 Å². The number of benzene rings is 2. The zero-order chi connectivity index (χ0) is 13.1. The number of ether oxygens (including phenoxy) is 1. The summed E-state index contributed by atoms with van der Waals surface area (Å²) in [6.45, 7) is 0. The standard InChI is InChI=1S/C13H12BrFN2O/c1-18-13-7-9(3-5-11(13)16)17-12-6-8(15)2-4-10(12)14/h2-7,17H,16H2,1H3. The molecule has 0 amide bonds. The largest absolute Gasteiger partial charge is 0.495 e. The maximum atomic E-state index is 13.2. The van der Waals surface area contributed by atoms with Gasteiger partial charge >= 0.3 is 0 Å². The van der Waals surface area contributed by atoms with Crippen LogP contribution in [-0.4, -0.2) is 7.11 Å². The highest BCUT2D eigenvalue weighted by molar-refractivity contribution is 9.10. The van der Waals surface area contributed by atoms with E-state index in [4.69, 9.17) is 10.5 Å². The van der Waals surface area contributed by atoms with Crippen LogP contribution in [0.5, 0.6) is 5.75 Å². The Balaban J connectivity index is 2.31. The molecule has 3 nitrogen and oxygen atoms in total. The Hall–Kier alpha value is -1.75. The van der Waals surface area contributed by atoms with Crippen LogP contribution >= 0.6 is 15.9 Å². The first-order valence-electron chi connectivity index (χ1n) is 5.26. The average molecular weight is 311 g/mol. The number of hydrogen-bond acceptors (Lipinski definition) is 3. The highest BCUT2D eigenvalue weighted by atomic mass is 79.9. The number of halogens is 2. The highest BCUT2D eigenvalue weighted by Crippen LogP contribution is 2.30. The fraction of sp³-hybridized carbons (Fsp3) is 0.0769. The van der Waals surface area contributed by atoms with Gasteiger partial charge in [-0.3, -0.25) is 0 Å². The zero-order valence-corrected chi connectivity index (χ0v) is 11.3. The quantitative estimate of drug-likeness (QED) is 0.845. The third kappa shape index (κ3) is 2.73. The van der Waals surface area contributed by atoms with Crippen LogP contribution in [0.25, 0.3) is 0 Å². The van der Waals surface area contributed by atoms with Crippen LogP contribution in [0, 0.1) is 5.82 Å². The van der Waals surface area contributed by atoms with Crippen molar-refractivity contribution >= 4 is 33.0 Å². The molecule has 2 aromatic carbocycles. The molecule has 0 saturated heterocycles. The predicted octanol–water partition coefficient (Wildman–Crippen LogP) is 3.92. The molecule has 0 atom stereocenters. The van der Waals surface area contributed by atoms with Crippen LogP contribution in [-0.2, 0) is 0 Å². The average Bonchev–Trinajstić information content (AvgIpc) is 2.36. The molecule has 0 aliphatic carbocycles. The molecule has 0 fully saturated rings. The van der Waals surface area contributed by atoms with Gasteiger partial charge in [0, 0.05) is 16.2 Å². The SMILES string of the molecule is COc1cc(Nc2cc(F)ccc2Br)ccc1N. The molecule has 0 unspecified atom stereocenters. The minimum atomic E-state index is -0.303. The second-order valence-electron chi connectivity index (χ2n) is 3.71. The Morgan fingerprint density at radius 1 is 1.22 bits per heavy atom. The van der Waals surface area contributed by atoms with E-state index in [0.717, 1.165) is 10.2 Å². The van der Waals surface area contributed by atoms with Gasteiger partial charge in [-0.2, -0.15) is 0 Å². The molecule has 0 aliphatic heterocycles. The van der Waals surface area contributed by atoms with E-state index >= 15 is 0 Å². The Kier molecular flexibility index (Phi) is 3.72. The summed E-state index contributed by atoms with van der Waals surface area (Å²) in [6.07, 6.45) is 0. The molecule has 0 radical (unpaired) electrons. The van der Waals surface area contributed by atoms with Gasteiger partial charge in [0.1, 0.15) is 11.6 Å². The number of nitrogens with two attached hydrogens (primary N) is 1. The van der Waals surface area contributed by atoms with Crippen molar-refractivity contribution < 1.29 is 9.13 Å². The number of methoxy groups -OCH3 is 1. The van der Waals surface area contributed by atoms with Crippen molar-refractivity contribution in [1.29, 1.82) is 0 Å². The van der Waals surface area contributed by atoms with E-state index in [1.165, 1.54) is 12.1 Å². The first-order valence-corrected chi connectivity index (χ1v) is 6.05. The van der Waals surface area contributed by atoms with E-state index in [-0.39, 0.29) is 5.82 Å². The fourth-order valence-electron chi connectivity index (χ4n) is 1.54. The van der Waals surface area contributed by atoms with Gasteiger partial charge < -0.3 is 15.8 Å². The number of hydrogen-bond donors (Lipinski definition) is 2. The fourth-order valence-corrected chi connectivity index (χ4v) is 1.88. The Morgan fingerprint density at radius 3 is 2.72 bits per heavy atom. The molecule has 0 spiro atoms. The summed E-state index contributed by atoms with van der Waals surface area (Å²) < 4.78 is 19.1. The van der Waals surface area contributed by atoms with Crippen molar-refractivity contribution in [3.8, 4) is 5.75 Å². The van der Waals surface area contributed by atoms with Crippen LogP contribution in [0.1, 0.15) is 0 Å². The lowest BCUT2D eigenvalue weighted by Crippen LogP contribution is -1.96. The van der Waals surface area contributed by atoms with E-state index in [1.807, 2.05) is 0 Å². The smallest absolute Gasteiger partial charge is 0.143 e. The van der Waals surface area contributed by atoms with Crippen molar-refractivity contribution in [3.63, 3.8) is 0 Å². The minimum absolute atomic E-state index is 0.303. The number of rotatable bonds is 3. The van der Waals surface area contributed by atoms with Gasteiger partial charge in [0.15, 0.2) is 0 Å². The van der Waals surface area contributed by atoms with E-state index in [2.05, 4.69) is 21.2 Å². The third-order valence-corrected chi connectivity index (χ3v) is 3.13. The first-order chi connectivity index (χ1) is 8.60. The summed E-state index contributed by atoms with van der Waals surface area (Å²) in [6, 6.07) is 9.73. The Bertz CT molecular complexity index is 575. The molecule has 3 N–H and O–H groups in total. The van der Waals surface area contributed by atoms with Crippen LogP contribution < -0.4 is 15.8 Å². The van der Waals surface area contributed by atoms with Crippen molar-refractivity contribution in [1.82, 2.24) is 0 Å². The maximum Gasteiger partial charge on any atom is 0.143 e. The molecule has 94 valence electrons. The summed E-state index contributed by atoms with van der Waals surface area (Å²) in [4.78, 5) is 0. The molecule has 0 aliphatic rings. The predicted molar refractivity (Wildman–Crippen MR) is 74.8 cm³/mol. The Morgan fingerprint density at radius 2 is 2.00 bits per heavy atom. The van der Waals surface area contributed by atoms with E-state index in [1.54, 1.807) is 31.4 Å². The summed E-state index contributed by atoms with van der Waals surface area (Å²) in [5.41, 5.74) is 7.69. The van der Waals surface area contributed by atoms with Gasteiger partial charge in [-0.05, 0) is 46.3 Å². The lowest BCUT2D eigenvalue weighted by atomic mass is 10.2. The highest BCUT2D eigenvalue weighted by Gasteiger charge is 2.05. The number of nitrogens with one attached hydrogen (secondary N) is 1. The van der Waals surface area contributed by atoms with E-state index in [9.17, 15) is 4.39 Å². The second-order valence-corrected chi connectivity index (χ2v) is 4.56. The molecule has 2 rings (SSSR count). The summed E-state index contributed by atoms with van der Waals surface area (Å²) in [5, 5.41) is 3.09. The van der Waals surface area contributed by atoms with E-state index in [0.29, 0.717) is 17.1 Å². The van der Waals surface area contributed by atoms with Gasteiger partial charge in [-0.1, -0.05) is 0 Å². The first kappa shape index (κ1) is 12.7. The molecular weight excluding hydrogens is 299 g/mol. The lowest BCUT2D eigenvalue weighted by Gasteiger charge is -2.11. The summed E-state index contributed by atoms with van der Waals surface area (Å²) >= 11 is 3.35. The van der Waals surface area contributed by atoms with Gasteiger partial charge in [-0.25, -0.2) is 4.39 Å². The van der Waals surface area contributed by atoms with Crippen molar-refractivity contribution in [2.24, 2.45) is 0 Å². The molecule has 0 aromatic heterocycles. The molecule has 5 heteroatoms. The van der Waals surface area contributed by atoms with Crippen molar-refractivity contribution in [2.45, 2.75) is 0 Å². The summed E-state index contributed by atoms with van der Waals surface area (Å²) in [7, 11) is 1.55. The molecule has 2 aromatic rings. The van der Waals surface area contributed by atoms with Crippen molar-refractivity contribution in [2.75, 3.05) is 18.2 Å². The Labute approximate surface area is 113 Å². The number of anilines is 3. The summed E-state index contributed by atoms with van der Waals surface area (Å²) in [5.74, 6) is 0.274. The molecule has 18 heavy (non-hydrogen) atoms. The van der Waals surface area contributed by atoms with Crippen LogP contribution in [0.15, 0.2) is 40.9 Å². The van der Waals surface area contributed by atoms with Crippen LogP contribution in [0.3, 0.4) is 0 Å². The second kappa shape index (κ2) is 5.27. The van der Waals surface area contributed by atoms with Crippen LogP contribution in [0.2, 0.25) is 0 Å². The normalized spacial score (nSPS) is 10.2. The van der Waals surface area contributed by atoms with Gasteiger partial charge in [-0.15, -0.1) is 0 Å². The van der Waals surface area contributed by atoms with Gasteiger partial charge in [0.2, 0.25) is 0 Å². The van der Waals surface area contributed by atoms with Crippen molar-refractivity contribution in [3.05, 3.63) is 46.7 Å². The van der Waals surface area contributed by atoms with E-state index < -0.39 is 0 Å². The lowest BCUT2D eigenvalue weighted by molar-refractivity contribution is 0.417. The monoisotopic (exact) mass is 310 g/mol. The van der Waals surface area contributed by atoms with Gasteiger partial charge in [0.25, 0.3) is 0 Å². The minimum Gasteiger partial charge on any atom is -0.495 e. The molecule has 0 heterocycles. The third-order valence-electron chi connectivity index (χ3n) is 2.44. The maximum absolute atomic E-state index is 13.2. The molecule has 0 bridgehead atoms.